The standard InChI is InChI=1S/C20H38O7S.C7H6O2.Na/c1-5-9-11-16(7-3)14-26-19(21)13-18(28(23,24)25)20(22)27-15-17(8-4)12-10-6-2;8-7(9)6-4-2-1-3-5-6;/h16-18H,5-15H2,1-4H3,(H,23,24,25);1-5H,(H,8,9);/q;;+1/p-1. The Bertz CT molecular complexity index is 891. The fourth-order valence-corrected chi connectivity index (χ4v) is 4.04. The molecule has 0 bridgehead atoms. The fraction of sp³-hybridized carbons (Fsp3) is 0.667. The summed E-state index contributed by atoms with van der Waals surface area (Å²) in [6.45, 7) is 8.26. The molecular formula is C27H43NaO9S. The van der Waals surface area contributed by atoms with Gasteiger partial charge in [0, 0.05) is 0 Å². The Labute approximate surface area is 250 Å². The first-order valence-electron chi connectivity index (χ1n) is 13.0. The monoisotopic (exact) mass is 566 g/mol. The Morgan fingerprint density at radius 1 is 0.868 bits per heavy atom. The van der Waals surface area contributed by atoms with Crippen LogP contribution in [0.5, 0.6) is 0 Å². The number of carboxylic acid groups (broad SMARTS) is 1. The molecule has 1 rings (SSSR count). The Morgan fingerprint density at radius 2 is 1.34 bits per heavy atom. The molecule has 0 heterocycles. The summed E-state index contributed by atoms with van der Waals surface area (Å²) in [5.74, 6) is -2.62. The number of carbonyl (C=O) groups is 3. The Hall–Kier alpha value is -1.46. The van der Waals surface area contributed by atoms with Gasteiger partial charge in [-0.2, -0.15) is 0 Å². The van der Waals surface area contributed by atoms with E-state index < -0.39 is 39.7 Å². The number of rotatable bonds is 17. The summed E-state index contributed by atoms with van der Waals surface area (Å²) in [5.41, 5.74) is 0.331. The van der Waals surface area contributed by atoms with E-state index in [1.54, 1.807) is 30.3 Å². The van der Waals surface area contributed by atoms with Gasteiger partial charge in [0.15, 0.2) is 5.25 Å². The second-order valence-corrected chi connectivity index (χ2v) is 10.6. The van der Waals surface area contributed by atoms with E-state index in [9.17, 15) is 27.4 Å². The second kappa shape index (κ2) is 22.4. The summed E-state index contributed by atoms with van der Waals surface area (Å²) in [6.07, 6.45) is 6.58. The summed E-state index contributed by atoms with van der Waals surface area (Å²) in [5, 5.41) is 6.33. The molecule has 1 N–H and O–H groups in total. The van der Waals surface area contributed by atoms with Crippen molar-refractivity contribution in [3.63, 3.8) is 0 Å². The molecular weight excluding hydrogens is 523 g/mol. The van der Waals surface area contributed by atoms with E-state index >= 15 is 0 Å². The topological polar surface area (TPSA) is 147 Å². The molecule has 38 heavy (non-hydrogen) atoms. The van der Waals surface area contributed by atoms with E-state index in [-0.39, 0.29) is 54.6 Å². The third-order valence-corrected chi connectivity index (χ3v) is 7.07. The van der Waals surface area contributed by atoms with E-state index in [0.717, 1.165) is 51.4 Å². The number of carbonyl (C=O) groups excluding carboxylic acids is 2. The van der Waals surface area contributed by atoms with Crippen LogP contribution in [0.3, 0.4) is 0 Å². The van der Waals surface area contributed by atoms with E-state index in [4.69, 9.17) is 14.6 Å². The average Bonchev–Trinajstić information content (AvgIpc) is 2.87. The van der Waals surface area contributed by atoms with Gasteiger partial charge in [0.1, 0.15) is 10.1 Å². The van der Waals surface area contributed by atoms with Crippen LogP contribution in [0.4, 0.5) is 0 Å². The Balaban J connectivity index is 0. The smallest absolute Gasteiger partial charge is 0.747 e. The van der Waals surface area contributed by atoms with Gasteiger partial charge in [-0.25, -0.2) is 13.2 Å². The molecule has 1 aromatic rings. The predicted molar refractivity (Wildman–Crippen MR) is 140 cm³/mol. The van der Waals surface area contributed by atoms with Crippen LogP contribution in [0.2, 0.25) is 0 Å². The van der Waals surface area contributed by atoms with Crippen LogP contribution >= 0.6 is 0 Å². The first-order valence-corrected chi connectivity index (χ1v) is 14.5. The van der Waals surface area contributed by atoms with Crippen molar-refractivity contribution in [1.82, 2.24) is 0 Å². The van der Waals surface area contributed by atoms with E-state index in [1.807, 2.05) is 13.8 Å². The van der Waals surface area contributed by atoms with E-state index in [1.165, 1.54) is 0 Å². The van der Waals surface area contributed by atoms with Gasteiger partial charge in [0.25, 0.3) is 0 Å². The minimum Gasteiger partial charge on any atom is -0.747 e. The first kappa shape index (κ1) is 38.7. The third-order valence-electron chi connectivity index (χ3n) is 6.01. The number of ether oxygens (including phenoxy) is 2. The number of aromatic carboxylic acids is 1. The minimum atomic E-state index is -5.01. The average molecular weight is 567 g/mol. The molecule has 0 radical (unpaired) electrons. The summed E-state index contributed by atoms with van der Waals surface area (Å²) < 4.78 is 44.6. The quantitative estimate of drug-likeness (QED) is 0.170. The molecule has 0 aliphatic carbocycles. The van der Waals surface area contributed by atoms with Crippen molar-refractivity contribution in [3.05, 3.63) is 35.9 Å². The zero-order valence-corrected chi connectivity index (χ0v) is 26.3. The summed E-state index contributed by atoms with van der Waals surface area (Å²) in [7, 11) is -5.01. The summed E-state index contributed by atoms with van der Waals surface area (Å²) in [6, 6.07) is 8.30. The van der Waals surface area contributed by atoms with Crippen LogP contribution in [0.25, 0.3) is 0 Å². The zero-order chi connectivity index (χ0) is 28.3. The van der Waals surface area contributed by atoms with Gasteiger partial charge >= 0.3 is 47.5 Å². The van der Waals surface area contributed by atoms with Crippen LogP contribution < -0.4 is 29.6 Å². The molecule has 11 heteroatoms. The van der Waals surface area contributed by atoms with Gasteiger partial charge in [0.05, 0.1) is 25.2 Å². The molecule has 0 aliphatic rings. The summed E-state index contributed by atoms with van der Waals surface area (Å²) in [4.78, 5) is 34.3. The molecule has 0 saturated carbocycles. The van der Waals surface area contributed by atoms with Crippen molar-refractivity contribution in [1.29, 1.82) is 0 Å². The van der Waals surface area contributed by atoms with E-state index in [0.29, 0.717) is 5.56 Å². The zero-order valence-electron chi connectivity index (χ0n) is 23.5. The first-order chi connectivity index (χ1) is 17.5. The van der Waals surface area contributed by atoms with Crippen LogP contribution in [-0.2, 0) is 29.2 Å². The molecule has 9 nitrogen and oxygen atoms in total. The molecule has 0 fully saturated rings. The molecule has 0 aromatic heterocycles. The molecule has 0 aliphatic heterocycles. The maximum absolute atomic E-state index is 12.1. The summed E-state index contributed by atoms with van der Waals surface area (Å²) >= 11 is 0. The van der Waals surface area contributed by atoms with Crippen molar-refractivity contribution >= 4 is 28.0 Å². The van der Waals surface area contributed by atoms with Crippen LogP contribution in [-0.4, -0.2) is 54.4 Å². The van der Waals surface area contributed by atoms with Gasteiger partial charge < -0.3 is 19.1 Å². The number of hydrogen-bond donors (Lipinski definition) is 1. The molecule has 3 atom stereocenters. The molecule has 3 unspecified atom stereocenters. The van der Waals surface area contributed by atoms with Crippen LogP contribution in [0, 0.1) is 11.8 Å². The molecule has 1 aromatic carbocycles. The maximum atomic E-state index is 12.1. The largest absolute Gasteiger partial charge is 1.00 e. The van der Waals surface area contributed by atoms with Gasteiger partial charge in [-0.05, 0) is 36.8 Å². The van der Waals surface area contributed by atoms with Crippen molar-refractivity contribution < 1.29 is 71.5 Å². The van der Waals surface area contributed by atoms with Crippen molar-refractivity contribution in [3.8, 4) is 0 Å². The fourth-order valence-electron chi connectivity index (χ4n) is 3.39. The van der Waals surface area contributed by atoms with E-state index in [2.05, 4.69) is 13.8 Å². The normalized spacial score (nSPS) is 13.1. The Morgan fingerprint density at radius 3 is 1.71 bits per heavy atom. The predicted octanol–water partition coefficient (Wildman–Crippen LogP) is 2.20. The van der Waals surface area contributed by atoms with Crippen molar-refractivity contribution in [2.45, 2.75) is 90.7 Å². The maximum Gasteiger partial charge on any atom is 1.00 e. The molecule has 0 saturated heterocycles. The molecule has 0 amide bonds. The second-order valence-electron chi connectivity index (χ2n) is 9.00. The third kappa shape index (κ3) is 17.9. The van der Waals surface area contributed by atoms with Crippen LogP contribution in [0.15, 0.2) is 30.3 Å². The molecule has 0 spiro atoms. The van der Waals surface area contributed by atoms with Gasteiger partial charge in [-0.3, -0.25) is 9.59 Å². The van der Waals surface area contributed by atoms with Crippen LogP contribution in [0.1, 0.15) is 95.8 Å². The molecule has 212 valence electrons. The minimum absolute atomic E-state index is 0. The number of esters is 2. The van der Waals surface area contributed by atoms with Crippen molar-refractivity contribution in [2.75, 3.05) is 13.2 Å². The van der Waals surface area contributed by atoms with Gasteiger partial charge in [-0.1, -0.05) is 84.4 Å². The van der Waals surface area contributed by atoms with Crippen molar-refractivity contribution in [2.24, 2.45) is 11.8 Å². The number of carboxylic acids is 1. The SMILES string of the molecule is CCCCC(CC)COC(=O)CC(C(=O)OCC(CC)CCCC)S(=O)(=O)[O-].O=C(O)c1ccccc1.[Na+]. The van der Waals surface area contributed by atoms with Gasteiger partial charge in [0.2, 0.25) is 0 Å². The van der Waals surface area contributed by atoms with Gasteiger partial charge in [-0.15, -0.1) is 0 Å². The number of benzene rings is 1. The Kier molecular flexibility index (Phi) is 22.8. The number of unbranched alkanes of at least 4 members (excludes halogenated alkanes) is 2. The number of hydrogen-bond acceptors (Lipinski definition) is 8.